The van der Waals surface area contributed by atoms with E-state index in [1.807, 2.05) is 75.4 Å². The molecule has 0 bridgehead atoms. The van der Waals surface area contributed by atoms with Gasteiger partial charge in [0.2, 0.25) is 0 Å². The lowest BCUT2D eigenvalue weighted by atomic mass is 10.1. The Hall–Kier alpha value is -2.49. The Balaban J connectivity index is 1.86. The van der Waals surface area contributed by atoms with Crippen molar-refractivity contribution in [2.45, 2.75) is 39.5 Å². The summed E-state index contributed by atoms with van der Waals surface area (Å²) in [5, 5.41) is 3.14. The first-order valence-corrected chi connectivity index (χ1v) is 7.76. The van der Waals surface area contributed by atoms with Crippen molar-refractivity contribution in [2.24, 2.45) is 10.7 Å². The standard InChI is InChI=1S/C19H25N3O/c1-19(2,3)22-18(20)21-13-15-9-11-17(12-10-15)23-14-16-7-5-4-6-8-16/h4-12H,13-14H2,1-3H3,(H3,20,21,22). The number of nitrogens with two attached hydrogens (primary N) is 1. The van der Waals surface area contributed by atoms with Crippen molar-refractivity contribution in [1.29, 1.82) is 0 Å². The number of aliphatic imine (C=N–C) groups is 1. The molecule has 0 heterocycles. The number of guanidine groups is 1. The molecule has 0 radical (unpaired) electrons. The normalized spacial score (nSPS) is 12.0. The molecule has 0 aliphatic rings. The number of benzene rings is 2. The van der Waals surface area contributed by atoms with Crippen LogP contribution in [0.4, 0.5) is 0 Å². The fourth-order valence-corrected chi connectivity index (χ4v) is 2.03. The van der Waals surface area contributed by atoms with Crippen LogP contribution >= 0.6 is 0 Å². The van der Waals surface area contributed by atoms with Crippen molar-refractivity contribution in [3.8, 4) is 5.75 Å². The van der Waals surface area contributed by atoms with Crippen LogP contribution in [0.5, 0.6) is 5.75 Å². The minimum absolute atomic E-state index is 0.0806. The molecule has 0 saturated heterocycles. The zero-order valence-electron chi connectivity index (χ0n) is 14.0. The molecule has 0 spiro atoms. The molecule has 2 aromatic rings. The monoisotopic (exact) mass is 311 g/mol. The Morgan fingerprint density at radius 2 is 1.65 bits per heavy atom. The Bertz CT molecular complexity index is 628. The van der Waals surface area contributed by atoms with Gasteiger partial charge in [0, 0.05) is 5.54 Å². The predicted molar refractivity (Wildman–Crippen MR) is 95.4 cm³/mol. The fourth-order valence-electron chi connectivity index (χ4n) is 2.03. The topological polar surface area (TPSA) is 59.6 Å². The molecule has 2 rings (SSSR count). The molecule has 0 fully saturated rings. The minimum Gasteiger partial charge on any atom is -0.489 e. The summed E-state index contributed by atoms with van der Waals surface area (Å²) in [7, 11) is 0. The molecule has 0 aromatic heterocycles. The molecule has 3 N–H and O–H groups in total. The van der Waals surface area contributed by atoms with Gasteiger partial charge in [0.1, 0.15) is 12.4 Å². The lowest BCUT2D eigenvalue weighted by molar-refractivity contribution is 0.306. The first kappa shape index (κ1) is 16.9. The van der Waals surface area contributed by atoms with Gasteiger partial charge in [0.05, 0.1) is 6.54 Å². The van der Waals surface area contributed by atoms with Crippen LogP contribution in [0.2, 0.25) is 0 Å². The molecule has 0 atom stereocenters. The molecule has 23 heavy (non-hydrogen) atoms. The van der Waals surface area contributed by atoms with Crippen LogP contribution in [0.15, 0.2) is 59.6 Å². The molecule has 0 saturated carbocycles. The Kier molecular flexibility index (Phi) is 5.63. The van der Waals surface area contributed by atoms with Crippen LogP contribution in [-0.2, 0) is 13.2 Å². The third-order valence-corrected chi connectivity index (χ3v) is 3.11. The summed E-state index contributed by atoms with van der Waals surface area (Å²) in [4.78, 5) is 4.35. The van der Waals surface area contributed by atoms with Gasteiger partial charge in [-0.1, -0.05) is 42.5 Å². The molecular formula is C19H25N3O. The number of hydrogen-bond donors (Lipinski definition) is 2. The van der Waals surface area contributed by atoms with Crippen LogP contribution in [-0.4, -0.2) is 11.5 Å². The predicted octanol–water partition coefficient (Wildman–Crippen LogP) is 3.47. The SMILES string of the molecule is CC(C)(C)NC(N)=NCc1ccc(OCc2ccccc2)cc1. The molecule has 4 heteroatoms. The zero-order valence-corrected chi connectivity index (χ0v) is 14.0. The van der Waals surface area contributed by atoms with E-state index in [-0.39, 0.29) is 5.54 Å². The van der Waals surface area contributed by atoms with E-state index in [4.69, 9.17) is 10.5 Å². The zero-order chi connectivity index (χ0) is 16.7. The highest BCUT2D eigenvalue weighted by Crippen LogP contribution is 2.14. The second kappa shape index (κ2) is 7.68. The van der Waals surface area contributed by atoms with Gasteiger partial charge in [-0.15, -0.1) is 0 Å². The van der Waals surface area contributed by atoms with E-state index in [0.29, 0.717) is 19.1 Å². The van der Waals surface area contributed by atoms with Crippen LogP contribution in [0.1, 0.15) is 31.9 Å². The smallest absolute Gasteiger partial charge is 0.189 e. The van der Waals surface area contributed by atoms with Crippen LogP contribution in [0.3, 0.4) is 0 Å². The van der Waals surface area contributed by atoms with E-state index >= 15 is 0 Å². The number of ether oxygens (including phenoxy) is 1. The number of hydrogen-bond acceptors (Lipinski definition) is 2. The molecule has 2 aromatic carbocycles. The Morgan fingerprint density at radius 3 is 2.26 bits per heavy atom. The summed E-state index contributed by atoms with van der Waals surface area (Å²) in [6, 6.07) is 18.1. The first-order chi connectivity index (χ1) is 10.9. The molecule has 0 unspecified atom stereocenters. The summed E-state index contributed by atoms with van der Waals surface area (Å²) in [6.07, 6.45) is 0. The van der Waals surface area contributed by atoms with Gasteiger partial charge in [0.25, 0.3) is 0 Å². The van der Waals surface area contributed by atoms with Crippen LogP contribution < -0.4 is 15.8 Å². The van der Waals surface area contributed by atoms with Crippen molar-refractivity contribution < 1.29 is 4.74 Å². The van der Waals surface area contributed by atoms with Gasteiger partial charge in [-0.05, 0) is 44.0 Å². The van der Waals surface area contributed by atoms with E-state index in [2.05, 4.69) is 10.3 Å². The summed E-state index contributed by atoms with van der Waals surface area (Å²) in [5.74, 6) is 1.31. The molecule has 0 aliphatic heterocycles. The van der Waals surface area contributed by atoms with Gasteiger partial charge < -0.3 is 15.8 Å². The number of nitrogens with zero attached hydrogens (tertiary/aromatic N) is 1. The van der Waals surface area contributed by atoms with Gasteiger partial charge in [-0.2, -0.15) is 0 Å². The van der Waals surface area contributed by atoms with Crippen LogP contribution in [0, 0.1) is 0 Å². The minimum atomic E-state index is -0.0806. The molecule has 0 aliphatic carbocycles. The molecular weight excluding hydrogens is 286 g/mol. The summed E-state index contributed by atoms with van der Waals surface area (Å²) in [5.41, 5.74) is 8.03. The van der Waals surface area contributed by atoms with Crippen molar-refractivity contribution in [2.75, 3.05) is 0 Å². The molecule has 0 amide bonds. The first-order valence-electron chi connectivity index (χ1n) is 7.76. The van der Waals surface area contributed by atoms with Gasteiger partial charge in [0.15, 0.2) is 5.96 Å². The molecule has 122 valence electrons. The highest BCUT2D eigenvalue weighted by atomic mass is 16.5. The quantitative estimate of drug-likeness (QED) is 0.656. The van der Waals surface area contributed by atoms with E-state index in [0.717, 1.165) is 16.9 Å². The largest absolute Gasteiger partial charge is 0.489 e. The van der Waals surface area contributed by atoms with Crippen molar-refractivity contribution in [3.05, 3.63) is 65.7 Å². The summed E-state index contributed by atoms with van der Waals surface area (Å²) < 4.78 is 5.77. The lowest BCUT2D eigenvalue weighted by Crippen LogP contribution is -2.44. The summed E-state index contributed by atoms with van der Waals surface area (Å²) >= 11 is 0. The van der Waals surface area contributed by atoms with Crippen molar-refractivity contribution in [1.82, 2.24) is 5.32 Å². The molecule has 4 nitrogen and oxygen atoms in total. The van der Waals surface area contributed by atoms with E-state index in [1.54, 1.807) is 0 Å². The average molecular weight is 311 g/mol. The van der Waals surface area contributed by atoms with E-state index in [9.17, 15) is 0 Å². The third-order valence-electron chi connectivity index (χ3n) is 3.11. The summed E-state index contributed by atoms with van der Waals surface area (Å²) in [6.45, 7) is 7.27. The van der Waals surface area contributed by atoms with Crippen molar-refractivity contribution in [3.63, 3.8) is 0 Å². The van der Waals surface area contributed by atoms with E-state index < -0.39 is 0 Å². The highest BCUT2D eigenvalue weighted by molar-refractivity contribution is 5.78. The van der Waals surface area contributed by atoms with Gasteiger partial charge in [-0.25, -0.2) is 4.99 Å². The Labute approximate surface area is 138 Å². The lowest BCUT2D eigenvalue weighted by Gasteiger charge is -2.20. The van der Waals surface area contributed by atoms with Gasteiger partial charge >= 0.3 is 0 Å². The maximum absolute atomic E-state index is 5.86. The fraction of sp³-hybridized carbons (Fsp3) is 0.316. The second-order valence-corrected chi connectivity index (χ2v) is 6.49. The van der Waals surface area contributed by atoms with Gasteiger partial charge in [-0.3, -0.25) is 0 Å². The maximum atomic E-state index is 5.86. The van der Waals surface area contributed by atoms with Crippen molar-refractivity contribution >= 4 is 5.96 Å². The van der Waals surface area contributed by atoms with Crippen LogP contribution in [0.25, 0.3) is 0 Å². The highest BCUT2D eigenvalue weighted by Gasteiger charge is 2.09. The number of nitrogens with one attached hydrogen (secondary N) is 1. The number of rotatable bonds is 5. The third kappa shape index (κ3) is 6.43. The van der Waals surface area contributed by atoms with E-state index in [1.165, 1.54) is 0 Å². The Morgan fingerprint density at radius 1 is 1.00 bits per heavy atom. The average Bonchev–Trinajstić information content (AvgIpc) is 2.51. The maximum Gasteiger partial charge on any atom is 0.189 e. The second-order valence-electron chi connectivity index (χ2n) is 6.49.